The van der Waals surface area contributed by atoms with Gasteiger partial charge in [0, 0.05) is 18.0 Å². The summed E-state index contributed by atoms with van der Waals surface area (Å²) in [4.78, 5) is 25.1. The summed E-state index contributed by atoms with van der Waals surface area (Å²) in [5, 5.41) is 9.81. The highest BCUT2D eigenvalue weighted by Crippen LogP contribution is 2.31. The number of hydrogen-bond acceptors (Lipinski definition) is 4. The van der Waals surface area contributed by atoms with Crippen LogP contribution in [0.3, 0.4) is 0 Å². The van der Waals surface area contributed by atoms with Crippen molar-refractivity contribution in [1.82, 2.24) is 5.32 Å². The molecule has 1 aromatic heterocycles. The third-order valence-corrected chi connectivity index (χ3v) is 5.30. The minimum absolute atomic E-state index is 0.153. The molecule has 4 rings (SSSR count). The highest BCUT2D eigenvalue weighted by Gasteiger charge is 2.21. The maximum absolute atomic E-state index is 12.7. The van der Waals surface area contributed by atoms with Crippen molar-refractivity contribution in [2.24, 2.45) is 0 Å². The monoisotopic (exact) mass is 391 g/mol. The number of para-hydroxylation sites is 1. The molecule has 1 aliphatic rings. The molecule has 29 heavy (non-hydrogen) atoms. The first-order valence-corrected chi connectivity index (χ1v) is 10.1. The maximum atomic E-state index is 12.7. The van der Waals surface area contributed by atoms with E-state index in [2.05, 4.69) is 16.0 Å². The number of carbonyl (C=O) groups excluding carboxylic acids is 1. The van der Waals surface area contributed by atoms with Gasteiger partial charge in [-0.25, -0.2) is 9.59 Å². The third kappa shape index (κ3) is 4.59. The van der Waals surface area contributed by atoms with Crippen LogP contribution in [0.15, 0.2) is 63.8 Å². The zero-order valence-corrected chi connectivity index (χ0v) is 16.2. The SMILES string of the molecule is O=C(NCc1ccccc1)Nc1c(NC2CCCCC2)c2ccccc2oc1=O. The second-order valence-corrected chi connectivity index (χ2v) is 7.41. The number of fused-ring (bicyclic) bond motifs is 1. The van der Waals surface area contributed by atoms with E-state index in [1.165, 1.54) is 6.42 Å². The Bertz CT molecular complexity index is 1040. The molecule has 0 aliphatic heterocycles. The van der Waals surface area contributed by atoms with E-state index < -0.39 is 11.7 Å². The number of anilines is 2. The minimum atomic E-state index is -0.558. The first-order chi connectivity index (χ1) is 14.2. The average Bonchev–Trinajstić information content (AvgIpc) is 2.76. The maximum Gasteiger partial charge on any atom is 0.362 e. The van der Waals surface area contributed by atoms with Crippen molar-refractivity contribution in [2.45, 2.75) is 44.7 Å². The van der Waals surface area contributed by atoms with Crippen molar-refractivity contribution in [3.8, 4) is 0 Å². The third-order valence-electron chi connectivity index (χ3n) is 5.30. The number of amides is 2. The fourth-order valence-electron chi connectivity index (χ4n) is 3.80. The average molecular weight is 391 g/mol. The normalized spacial score (nSPS) is 14.5. The summed E-state index contributed by atoms with van der Waals surface area (Å²) in [7, 11) is 0. The molecular formula is C23H25N3O3. The van der Waals surface area contributed by atoms with Gasteiger partial charge in [0.05, 0.1) is 5.69 Å². The molecular weight excluding hydrogens is 366 g/mol. The van der Waals surface area contributed by atoms with E-state index in [1.54, 1.807) is 6.07 Å². The van der Waals surface area contributed by atoms with Crippen LogP contribution in [0.25, 0.3) is 11.0 Å². The van der Waals surface area contributed by atoms with Crippen molar-refractivity contribution >= 4 is 28.4 Å². The number of rotatable bonds is 5. The molecule has 1 saturated carbocycles. The van der Waals surface area contributed by atoms with Gasteiger partial charge in [-0.1, -0.05) is 61.7 Å². The van der Waals surface area contributed by atoms with Crippen LogP contribution < -0.4 is 21.6 Å². The van der Waals surface area contributed by atoms with Crippen LogP contribution in [0, 0.1) is 0 Å². The molecule has 2 aromatic carbocycles. The molecule has 0 bridgehead atoms. The van der Waals surface area contributed by atoms with Gasteiger partial charge in [0.2, 0.25) is 0 Å². The van der Waals surface area contributed by atoms with Crippen LogP contribution in [-0.2, 0) is 6.54 Å². The Balaban J connectivity index is 1.59. The molecule has 1 heterocycles. The lowest BCUT2D eigenvalue weighted by atomic mass is 9.95. The molecule has 0 spiro atoms. The van der Waals surface area contributed by atoms with Gasteiger partial charge in [0.15, 0.2) is 5.69 Å². The van der Waals surface area contributed by atoms with Gasteiger partial charge in [-0.05, 0) is 30.5 Å². The summed E-state index contributed by atoms with van der Waals surface area (Å²) in [6.07, 6.45) is 5.67. The Morgan fingerprint density at radius 3 is 2.45 bits per heavy atom. The number of urea groups is 1. The highest BCUT2D eigenvalue weighted by atomic mass is 16.4. The standard InChI is InChI=1S/C23H25N3O3/c27-22-21(26-23(28)24-15-16-9-3-1-4-10-16)20(25-17-11-5-2-6-12-17)18-13-7-8-14-19(18)29-22/h1,3-4,7-10,13-14,17,25H,2,5-6,11-12,15H2,(H2,24,26,28). The molecule has 0 unspecified atom stereocenters. The summed E-state index contributed by atoms with van der Waals surface area (Å²) in [5.74, 6) is 0. The first-order valence-electron chi connectivity index (χ1n) is 10.1. The van der Waals surface area contributed by atoms with Gasteiger partial charge in [-0.15, -0.1) is 0 Å². The molecule has 1 fully saturated rings. The Morgan fingerprint density at radius 1 is 0.931 bits per heavy atom. The van der Waals surface area contributed by atoms with Gasteiger partial charge in [0.1, 0.15) is 5.58 Å². The van der Waals surface area contributed by atoms with Crippen molar-refractivity contribution in [2.75, 3.05) is 10.6 Å². The van der Waals surface area contributed by atoms with Crippen LogP contribution in [-0.4, -0.2) is 12.1 Å². The van der Waals surface area contributed by atoms with Gasteiger partial charge < -0.3 is 15.1 Å². The van der Waals surface area contributed by atoms with E-state index in [4.69, 9.17) is 4.42 Å². The van der Waals surface area contributed by atoms with E-state index >= 15 is 0 Å². The lowest BCUT2D eigenvalue weighted by Crippen LogP contribution is -2.31. The van der Waals surface area contributed by atoms with Crippen LogP contribution in [0.4, 0.5) is 16.2 Å². The van der Waals surface area contributed by atoms with Gasteiger partial charge in [-0.3, -0.25) is 5.32 Å². The topological polar surface area (TPSA) is 83.4 Å². The Kier molecular flexibility index (Phi) is 5.79. The molecule has 6 heteroatoms. The quantitative estimate of drug-likeness (QED) is 0.543. The molecule has 6 nitrogen and oxygen atoms in total. The molecule has 0 saturated heterocycles. The van der Waals surface area contributed by atoms with Crippen molar-refractivity contribution < 1.29 is 9.21 Å². The predicted molar refractivity (Wildman–Crippen MR) is 115 cm³/mol. The lowest BCUT2D eigenvalue weighted by Gasteiger charge is -2.25. The smallest absolute Gasteiger partial charge is 0.362 e. The summed E-state index contributed by atoms with van der Waals surface area (Å²) in [5.41, 5.74) is 1.72. The van der Waals surface area contributed by atoms with Crippen molar-refractivity contribution in [1.29, 1.82) is 0 Å². The predicted octanol–water partition coefficient (Wildman–Crippen LogP) is 4.86. The Hall–Kier alpha value is -3.28. The summed E-state index contributed by atoms with van der Waals surface area (Å²) < 4.78 is 5.45. The van der Waals surface area contributed by atoms with E-state index in [0.717, 1.165) is 36.6 Å². The first kappa shape index (κ1) is 19.1. The number of benzene rings is 2. The largest absolute Gasteiger partial charge is 0.421 e. The van der Waals surface area contributed by atoms with Crippen LogP contribution in [0.2, 0.25) is 0 Å². The summed E-state index contributed by atoms with van der Waals surface area (Å²) in [6, 6.07) is 16.8. The fourth-order valence-corrected chi connectivity index (χ4v) is 3.80. The Morgan fingerprint density at radius 2 is 1.66 bits per heavy atom. The van der Waals surface area contributed by atoms with Gasteiger partial charge in [-0.2, -0.15) is 0 Å². The van der Waals surface area contributed by atoms with Crippen LogP contribution in [0.5, 0.6) is 0 Å². The van der Waals surface area contributed by atoms with E-state index in [0.29, 0.717) is 17.8 Å². The second kappa shape index (κ2) is 8.82. The molecule has 0 radical (unpaired) electrons. The minimum Gasteiger partial charge on any atom is -0.421 e. The molecule has 150 valence electrons. The molecule has 0 atom stereocenters. The summed E-state index contributed by atoms with van der Waals surface area (Å²) >= 11 is 0. The van der Waals surface area contributed by atoms with Gasteiger partial charge in [0.25, 0.3) is 0 Å². The molecule has 2 amide bonds. The highest BCUT2D eigenvalue weighted by molar-refractivity contribution is 6.01. The molecule has 1 aliphatic carbocycles. The summed E-state index contributed by atoms with van der Waals surface area (Å²) in [6.45, 7) is 0.372. The number of nitrogens with one attached hydrogen (secondary N) is 3. The van der Waals surface area contributed by atoms with Crippen LogP contribution in [0.1, 0.15) is 37.7 Å². The molecule has 3 aromatic rings. The zero-order valence-electron chi connectivity index (χ0n) is 16.2. The second-order valence-electron chi connectivity index (χ2n) is 7.41. The van der Waals surface area contributed by atoms with Crippen molar-refractivity contribution in [3.05, 3.63) is 70.6 Å². The number of hydrogen-bond donors (Lipinski definition) is 3. The van der Waals surface area contributed by atoms with E-state index in [9.17, 15) is 9.59 Å². The van der Waals surface area contributed by atoms with E-state index in [-0.39, 0.29) is 11.7 Å². The van der Waals surface area contributed by atoms with Crippen LogP contribution >= 0.6 is 0 Å². The van der Waals surface area contributed by atoms with E-state index in [1.807, 2.05) is 48.5 Å². The zero-order chi connectivity index (χ0) is 20.1. The fraction of sp³-hybridized carbons (Fsp3) is 0.304. The Labute approximate surface area is 169 Å². The number of carbonyl (C=O) groups is 1. The lowest BCUT2D eigenvalue weighted by molar-refractivity contribution is 0.251. The van der Waals surface area contributed by atoms with Gasteiger partial charge >= 0.3 is 11.7 Å². The van der Waals surface area contributed by atoms with Crippen molar-refractivity contribution in [3.63, 3.8) is 0 Å². The molecule has 3 N–H and O–H groups in total.